The van der Waals surface area contributed by atoms with Gasteiger partial charge in [0.15, 0.2) is 5.75 Å². The van der Waals surface area contributed by atoms with Crippen LogP contribution in [-0.2, 0) is 33.1 Å². The minimum Gasteiger partial charge on any atom is -0.871 e. The zero-order valence-electron chi connectivity index (χ0n) is 41.6. The first-order valence-electron chi connectivity index (χ1n) is 23.2. The second-order valence-corrected chi connectivity index (χ2v) is 19.7. The summed E-state index contributed by atoms with van der Waals surface area (Å²) in [6, 6.07) is 36.1. The summed E-state index contributed by atoms with van der Waals surface area (Å²) in [5.74, 6) is -1.67. The number of rotatable bonds is 16. The van der Waals surface area contributed by atoms with Crippen LogP contribution in [0.1, 0.15) is 54.7 Å². The number of hydrogen-bond donors (Lipinski definition) is 4. The molecule has 0 heterocycles. The summed E-state index contributed by atoms with van der Waals surface area (Å²) in [5.41, 5.74) is 0.742. The van der Waals surface area contributed by atoms with Crippen LogP contribution in [0.3, 0.4) is 0 Å². The molecular formula is C54H46BaCl2N6O12S2. The molecule has 0 aliphatic rings. The first kappa shape index (κ1) is 59.8. The number of phenolic OH excluding ortho intramolecular Hbond substituents is 1. The van der Waals surface area contributed by atoms with Crippen LogP contribution in [0.5, 0.6) is 23.0 Å². The van der Waals surface area contributed by atoms with Gasteiger partial charge in [0.1, 0.15) is 44.0 Å². The minimum atomic E-state index is -4.64. The molecule has 0 unspecified atom stereocenters. The predicted octanol–water partition coefficient (Wildman–Crippen LogP) is 12.3. The van der Waals surface area contributed by atoms with Crippen LogP contribution in [0.25, 0.3) is 21.5 Å². The topological polar surface area (TPSA) is 284 Å². The SMILES string of the molecule is CCOc1ccccc1N=C([O-])c1cc2ccccc2c(N=Nc2ccc(CC)c(S(=O)(=O)O)c2Cl)c1[O-].CCOc1ccccc1NC(=O)c1cc2ccccc2c(N=Nc2ccc(CC)c(S(=O)(=O)O)c2Cl)c1O.[Ba+2]. The first-order chi connectivity index (χ1) is 36.3. The Hall–Kier alpha value is -6.41. The van der Waals surface area contributed by atoms with Crippen LogP contribution < -0.4 is 25.0 Å². The van der Waals surface area contributed by atoms with Gasteiger partial charge in [0.25, 0.3) is 26.1 Å². The Morgan fingerprint density at radius 3 is 1.58 bits per heavy atom. The number of benzene rings is 8. The molecule has 77 heavy (non-hydrogen) atoms. The van der Waals surface area contributed by atoms with Gasteiger partial charge in [-0.05, 0) is 109 Å². The number of amides is 1. The molecule has 0 aromatic heterocycles. The van der Waals surface area contributed by atoms with Crippen LogP contribution in [0.4, 0.5) is 34.1 Å². The van der Waals surface area contributed by atoms with Gasteiger partial charge in [0, 0.05) is 10.8 Å². The molecule has 0 spiro atoms. The third-order valence-corrected chi connectivity index (χ3v) is 14.3. The van der Waals surface area contributed by atoms with Crippen molar-refractivity contribution in [3.05, 3.63) is 166 Å². The Morgan fingerprint density at radius 2 is 1.05 bits per heavy atom. The number of ether oxygens (including phenoxy) is 2. The predicted molar refractivity (Wildman–Crippen MR) is 294 cm³/mol. The zero-order chi connectivity index (χ0) is 54.9. The van der Waals surface area contributed by atoms with E-state index in [9.17, 15) is 46.1 Å². The number of anilines is 1. The van der Waals surface area contributed by atoms with Gasteiger partial charge in [-0.15, -0.1) is 15.3 Å². The van der Waals surface area contributed by atoms with Crippen molar-refractivity contribution in [3.8, 4) is 23.0 Å². The Labute approximate surface area is 493 Å². The van der Waals surface area contributed by atoms with Crippen LogP contribution in [0.2, 0.25) is 10.0 Å². The molecule has 0 fully saturated rings. The standard InChI is InChI=1S/2C27H24ClN3O6S.Ba/c2*1-3-16-13-14-21(23(28)26(16)38(34,35)36)30-31-24-18-10-6-5-9-17(18)15-19(25(24)32)27(33)29-20-11-7-8-12-22(20)37-4-2;/h2*5-15,32H,3-4H2,1-2H3,(H,29,33)(H,34,35,36);/q;;+2/p-2. The molecule has 0 bridgehead atoms. The second kappa shape index (κ2) is 26.3. The Bertz CT molecular complexity index is 3860. The van der Waals surface area contributed by atoms with Crippen molar-refractivity contribution in [2.75, 3.05) is 18.5 Å². The maximum absolute atomic E-state index is 13.4. The van der Waals surface area contributed by atoms with E-state index in [-0.39, 0.29) is 98.5 Å². The monoisotopic (exact) mass is 1240 g/mol. The fourth-order valence-electron chi connectivity index (χ4n) is 7.85. The van der Waals surface area contributed by atoms with E-state index < -0.39 is 53.3 Å². The number of nitrogens with one attached hydrogen (secondary N) is 1. The quantitative estimate of drug-likeness (QED) is 0.0231. The van der Waals surface area contributed by atoms with Crippen molar-refractivity contribution in [1.29, 1.82) is 0 Å². The van der Waals surface area contributed by atoms with E-state index in [1.165, 1.54) is 36.4 Å². The van der Waals surface area contributed by atoms with E-state index >= 15 is 0 Å². The molecule has 392 valence electrons. The molecule has 0 saturated carbocycles. The number of aliphatic imine (C=N–C) groups is 1. The van der Waals surface area contributed by atoms with Gasteiger partial charge >= 0.3 is 48.9 Å². The number of fused-ring (bicyclic) bond motifs is 2. The summed E-state index contributed by atoms with van der Waals surface area (Å²) < 4.78 is 78.1. The van der Waals surface area contributed by atoms with E-state index in [0.717, 1.165) is 0 Å². The molecule has 8 rings (SSSR count). The Kier molecular flexibility index (Phi) is 20.4. The normalized spacial score (nSPS) is 11.9. The third kappa shape index (κ3) is 13.8. The number of azo groups is 2. The molecular weight excluding hydrogens is 1200 g/mol. The second-order valence-electron chi connectivity index (χ2n) is 16.2. The maximum Gasteiger partial charge on any atom is 2.00 e. The van der Waals surface area contributed by atoms with Gasteiger partial charge in [0.05, 0.1) is 40.2 Å². The molecule has 1 amide bonds. The molecule has 0 saturated heterocycles. The van der Waals surface area contributed by atoms with Gasteiger partial charge in [0.2, 0.25) is 0 Å². The average molecular weight is 1240 g/mol. The summed E-state index contributed by atoms with van der Waals surface area (Å²) in [5, 5.41) is 58.1. The number of aromatic hydroxyl groups is 1. The summed E-state index contributed by atoms with van der Waals surface area (Å²) in [6.07, 6.45) is 0.600. The summed E-state index contributed by atoms with van der Waals surface area (Å²) in [6.45, 7) is 7.82. The Balaban J connectivity index is 0.000000246. The number of aryl methyl sites for hydroxylation is 2. The van der Waals surface area contributed by atoms with Crippen molar-refractivity contribution in [3.63, 3.8) is 0 Å². The fraction of sp³-hybridized carbons (Fsp3) is 0.148. The summed E-state index contributed by atoms with van der Waals surface area (Å²) in [4.78, 5) is 16.4. The number of para-hydroxylation sites is 4. The molecule has 23 heteroatoms. The van der Waals surface area contributed by atoms with Gasteiger partial charge in [-0.2, -0.15) is 21.9 Å². The summed E-state index contributed by atoms with van der Waals surface area (Å²) >= 11 is 12.5. The van der Waals surface area contributed by atoms with Gasteiger partial charge in [-0.3, -0.25) is 18.9 Å². The van der Waals surface area contributed by atoms with E-state index in [0.29, 0.717) is 75.9 Å². The molecule has 0 aliphatic carbocycles. The van der Waals surface area contributed by atoms with Gasteiger partial charge < -0.3 is 30.1 Å². The van der Waals surface area contributed by atoms with Crippen LogP contribution >= 0.6 is 23.2 Å². The van der Waals surface area contributed by atoms with E-state index in [2.05, 4.69) is 30.8 Å². The van der Waals surface area contributed by atoms with Crippen molar-refractivity contribution >= 4 is 160 Å². The van der Waals surface area contributed by atoms with Crippen LogP contribution in [0.15, 0.2) is 169 Å². The average Bonchev–Trinajstić information content (AvgIpc) is 3.39. The third-order valence-electron chi connectivity index (χ3n) is 11.4. The van der Waals surface area contributed by atoms with Crippen LogP contribution in [0, 0.1) is 0 Å². The molecule has 0 aliphatic heterocycles. The molecule has 0 radical (unpaired) electrons. The molecule has 0 atom stereocenters. The Morgan fingerprint density at radius 1 is 0.597 bits per heavy atom. The van der Waals surface area contributed by atoms with E-state index in [1.54, 1.807) is 118 Å². The number of hydrogen-bond acceptors (Lipinski definition) is 15. The van der Waals surface area contributed by atoms with Crippen molar-refractivity contribution in [1.82, 2.24) is 0 Å². The molecule has 4 N–H and O–H groups in total. The first-order valence-corrected chi connectivity index (χ1v) is 26.8. The number of halogens is 2. The molecule has 8 aromatic rings. The maximum atomic E-state index is 13.4. The fourth-order valence-corrected chi connectivity index (χ4v) is 10.6. The van der Waals surface area contributed by atoms with Crippen molar-refractivity contribution in [2.45, 2.75) is 50.3 Å². The number of phenols is 1. The summed E-state index contributed by atoms with van der Waals surface area (Å²) in [7, 11) is -9.27. The number of carbonyl (C=O) groups excluding carboxylic acids is 1. The molecule has 18 nitrogen and oxygen atoms in total. The minimum absolute atomic E-state index is 0. The van der Waals surface area contributed by atoms with Crippen molar-refractivity contribution in [2.24, 2.45) is 25.4 Å². The molecule has 8 aromatic carbocycles. The largest absolute Gasteiger partial charge is 2.00 e. The zero-order valence-corrected chi connectivity index (χ0v) is 49.1. The van der Waals surface area contributed by atoms with Crippen LogP contribution in [-0.4, -0.2) is 105 Å². The smallest absolute Gasteiger partial charge is 0.871 e. The number of carbonyl (C=O) groups is 1. The van der Waals surface area contributed by atoms with Gasteiger partial charge in [-0.1, -0.05) is 128 Å². The van der Waals surface area contributed by atoms with Crippen molar-refractivity contribution < 1.29 is 55.5 Å². The van der Waals surface area contributed by atoms with E-state index in [1.807, 2.05) is 6.92 Å². The van der Waals surface area contributed by atoms with Gasteiger partial charge in [-0.25, -0.2) is 0 Å². The number of nitrogens with zero attached hydrogens (tertiary/aromatic N) is 5. The van der Waals surface area contributed by atoms with E-state index in [4.69, 9.17) is 32.7 Å².